The van der Waals surface area contributed by atoms with E-state index in [1.165, 1.54) is 13.8 Å². The van der Waals surface area contributed by atoms with Gasteiger partial charge in [-0.3, -0.25) is 9.59 Å². The molecule has 10 heteroatoms. The molecule has 21 heavy (non-hydrogen) atoms. The first-order chi connectivity index (χ1) is 9.08. The maximum atomic E-state index is 11.5. The fraction of sp³-hybridized carbons (Fsp3) is 0.364. The monoisotopic (exact) mass is 640 g/mol. The number of carbonyl (C=O) groups is 3. The zero-order chi connectivity index (χ0) is 15.7. The molecule has 0 aliphatic heterocycles. The molecule has 112 valence electrons. The molecule has 0 fully saturated rings. The third-order valence-electron chi connectivity index (χ3n) is 2.36. The van der Waals surface area contributed by atoms with Crippen LogP contribution in [0.5, 0.6) is 0 Å². The predicted molar refractivity (Wildman–Crippen MR) is 100 cm³/mol. The molecule has 3 N–H and O–H groups in total. The van der Waals surface area contributed by atoms with Gasteiger partial charge in [-0.25, -0.2) is 4.79 Å². The predicted octanol–water partition coefficient (Wildman–Crippen LogP) is -1.02. The van der Waals surface area contributed by atoms with Crippen LogP contribution in [-0.2, 0) is 14.4 Å². The number of nitrogens with one attached hydrogen (secondary N) is 2. The van der Waals surface area contributed by atoms with Crippen LogP contribution in [0.3, 0.4) is 0 Å². The van der Waals surface area contributed by atoms with Gasteiger partial charge in [-0.2, -0.15) is 0 Å². The fourth-order valence-corrected chi connectivity index (χ4v) is 5.01. The number of aliphatic carboxylic acids is 1. The number of carbonyl (C=O) groups excluding carboxylic acids is 2. The van der Waals surface area contributed by atoms with E-state index < -0.39 is 13.4 Å². The third-order valence-corrected chi connectivity index (χ3v) is 7.52. The Bertz CT molecular complexity index is 555. The number of halogens is 3. The average molecular weight is 640 g/mol. The minimum absolute atomic E-state index is 0. The quantitative estimate of drug-likeness (QED) is 0.160. The summed E-state index contributed by atoms with van der Waals surface area (Å²) in [4.78, 5) is 34.0. The number of rotatable bonds is 3. The van der Waals surface area contributed by atoms with Gasteiger partial charge in [0, 0.05) is 17.4 Å². The number of hydrogen-bond acceptors (Lipinski definition) is 3. The smallest absolute Gasteiger partial charge is 1.00 e. The van der Waals surface area contributed by atoms with Crippen LogP contribution in [0.2, 0.25) is 0 Å². The van der Waals surface area contributed by atoms with Crippen molar-refractivity contribution in [2.75, 3.05) is 0 Å². The van der Waals surface area contributed by atoms with Gasteiger partial charge in [-0.1, -0.05) is 22.6 Å². The van der Waals surface area contributed by atoms with Crippen LogP contribution in [0, 0.1) is 0 Å². The van der Waals surface area contributed by atoms with E-state index in [-0.39, 0.29) is 48.4 Å². The molecule has 0 aromatic carbocycles. The summed E-state index contributed by atoms with van der Waals surface area (Å²) in [6.07, 6.45) is 1.67. The van der Waals surface area contributed by atoms with Crippen LogP contribution < -0.4 is 40.2 Å². The molecule has 0 radical (unpaired) electrons. The Hall–Kier alpha value is 1.08. The van der Waals surface area contributed by atoms with Gasteiger partial charge < -0.3 is 17.2 Å². The van der Waals surface area contributed by atoms with E-state index >= 15 is 0 Å². The van der Waals surface area contributed by atoms with Gasteiger partial charge in [-0.05, 0) is 51.3 Å². The van der Waals surface area contributed by atoms with Gasteiger partial charge in [0.05, 0.1) is 15.2 Å². The molecule has 2 unspecified atom stereocenters. The molecule has 0 aromatic heterocycles. The minimum atomic E-state index is -1.07. The van der Waals surface area contributed by atoms with Crippen LogP contribution in [0.25, 0.3) is 0 Å². The number of carboxylic acid groups (broad SMARTS) is 1. The zero-order valence-corrected chi connectivity index (χ0v) is 19.9. The molecule has 1 aliphatic carbocycles. The zero-order valence-electron chi connectivity index (χ0n) is 12.5. The molecule has 0 heterocycles. The number of hydrogen-bond donors (Lipinski definition) is 3. The maximum absolute atomic E-state index is 11.5. The van der Waals surface area contributed by atoms with Crippen molar-refractivity contribution in [1.29, 1.82) is 0 Å². The summed E-state index contributed by atoms with van der Waals surface area (Å²) in [5, 5.41) is 14.7. The fourth-order valence-electron chi connectivity index (χ4n) is 1.67. The summed E-state index contributed by atoms with van der Waals surface area (Å²) in [6.45, 7) is 2.70. The molecular formula is C11H12I3N2NaO4. The van der Waals surface area contributed by atoms with Crippen molar-refractivity contribution in [2.24, 2.45) is 0 Å². The second kappa shape index (κ2) is 8.80. The molecule has 0 bridgehead atoms. The first-order valence-corrected chi connectivity index (χ1v) is 8.74. The van der Waals surface area contributed by atoms with Gasteiger partial charge in [0.1, 0.15) is 3.55 Å². The van der Waals surface area contributed by atoms with E-state index in [9.17, 15) is 19.5 Å². The van der Waals surface area contributed by atoms with Crippen LogP contribution in [-0.4, -0.2) is 30.4 Å². The first-order valence-electron chi connectivity index (χ1n) is 5.34. The van der Waals surface area contributed by atoms with Crippen LogP contribution in [0.15, 0.2) is 20.9 Å². The molecule has 2 amide bonds. The molecule has 1 rings (SSSR count). The number of alkyl halides is 2. The summed E-state index contributed by atoms with van der Waals surface area (Å²) >= 11 is 5.86. The Morgan fingerprint density at radius 2 is 1.86 bits per heavy atom. The molecule has 1 aliphatic rings. The van der Waals surface area contributed by atoms with E-state index in [0.717, 1.165) is 0 Å². The van der Waals surface area contributed by atoms with E-state index in [0.29, 0.717) is 9.28 Å². The summed E-state index contributed by atoms with van der Waals surface area (Å²) in [5.41, 5.74) is 0.548. The molecule has 0 saturated heterocycles. The molecule has 0 spiro atoms. The standard InChI is InChI=1S/C11H11I3N2O4.Na.H/c1-4(17)15-6-3-11(14,16-5(2)18)9(13)7(8(6)12)10(19)20;;/h3,9H,1-2H3,(H,15,17)(H,16,18)(H,19,20);;/q;+1;-1. The van der Waals surface area contributed by atoms with Gasteiger partial charge >= 0.3 is 35.5 Å². The van der Waals surface area contributed by atoms with Crippen molar-refractivity contribution in [1.82, 2.24) is 10.6 Å². The second-order valence-electron chi connectivity index (χ2n) is 4.08. The Morgan fingerprint density at radius 1 is 1.33 bits per heavy atom. The molecule has 0 aromatic rings. The third kappa shape index (κ3) is 5.58. The van der Waals surface area contributed by atoms with E-state index in [2.05, 4.69) is 10.6 Å². The van der Waals surface area contributed by atoms with Crippen molar-refractivity contribution in [2.45, 2.75) is 21.3 Å². The SMILES string of the molecule is CC(=O)NC1=CC(I)(NC(C)=O)C(I)C(C(=O)O)=C1I.[H-].[Na+]. The summed E-state index contributed by atoms with van der Waals surface area (Å²) in [7, 11) is 0. The molecule has 2 atom stereocenters. The van der Waals surface area contributed by atoms with Crippen molar-refractivity contribution in [3.63, 3.8) is 0 Å². The number of allylic oxidation sites excluding steroid dienone is 1. The van der Waals surface area contributed by atoms with Crippen molar-refractivity contribution in [3.05, 3.63) is 20.9 Å². The van der Waals surface area contributed by atoms with Crippen LogP contribution >= 0.6 is 67.8 Å². The molecular weight excluding hydrogens is 628 g/mol. The van der Waals surface area contributed by atoms with Gasteiger partial charge in [0.2, 0.25) is 11.8 Å². The van der Waals surface area contributed by atoms with E-state index in [1.54, 1.807) is 6.08 Å². The summed E-state index contributed by atoms with van der Waals surface area (Å²) < 4.78 is -0.918. The Kier molecular flexibility index (Phi) is 9.25. The number of carboxylic acids is 1. The van der Waals surface area contributed by atoms with E-state index in [1.807, 2.05) is 67.8 Å². The normalized spacial score (nSPS) is 24.6. The van der Waals surface area contributed by atoms with Crippen molar-refractivity contribution >= 4 is 85.6 Å². The van der Waals surface area contributed by atoms with Gasteiger partial charge in [0.25, 0.3) is 0 Å². The number of amides is 2. The summed E-state index contributed by atoms with van der Waals surface area (Å²) in [6, 6.07) is 0. The van der Waals surface area contributed by atoms with Gasteiger partial charge in [-0.15, -0.1) is 0 Å². The largest absolute Gasteiger partial charge is 1.00 e. The molecule has 0 saturated carbocycles. The average Bonchev–Trinajstić information content (AvgIpc) is 2.24. The Balaban J connectivity index is 0. The van der Waals surface area contributed by atoms with E-state index in [4.69, 9.17) is 0 Å². The van der Waals surface area contributed by atoms with Crippen LogP contribution in [0.1, 0.15) is 15.3 Å². The van der Waals surface area contributed by atoms with Crippen molar-refractivity contribution in [3.8, 4) is 0 Å². The Morgan fingerprint density at radius 3 is 2.24 bits per heavy atom. The minimum Gasteiger partial charge on any atom is -1.00 e. The van der Waals surface area contributed by atoms with Crippen LogP contribution in [0.4, 0.5) is 0 Å². The first kappa shape index (κ1) is 22.1. The topological polar surface area (TPSA) is 95.5 Å². The maximum Gasteiger partial charge on any atom is 1.00 e. The second-order valence-corrected chi connectivity index (χ2v) is 8.19. The van der Waals surface area contributed by atoms with Crippen molar-refractivity contribution < 1.29 is 50.5 Å². The summed E-state index contributed by atoms with van der Waals surface area (Å²) in [5.74, 6) is -1.65. The Labute approximate surface area is 186 Å². The molecule has 6 nitrogen and oxygen atoms in total. The van der Waals surface area contributed by atoms with Gasteiger partial charge in [0.15, 0.2) is 0 Å².